The number of pyridine rings is 1. The summed E-state index contributed by atoms with van der Waals surface area (Å²) in [6.45, 7) is 0. The molecule has 21 heavy (non-hydrogen) atoms. The Hall–Kier alpha value is -1.64. The van der Waals surface area contributed by atoms with Gasteiger partial charge in [-0.2, -0.15) is 13.2 Å². The van der Waals surface area contributed by atoms with Crippen molar-refractivity contribution in [2.45, 2.75) is 12.2 Å². The van der Waals surface area contributed by atoms with E-state index in [-0.39, 0.29) is 5.56 Å². The fraction of sp³-hybridized carbons (Fsp3) is 0.154. The molecule has 0 saturated carbocycles. The number of halogens is 4. The van der Waals surface area contributed by atoms with Crippen LogP contribution in [0.5, 0.6) is 0 Å². The maximum absolute atomic E-state index is 13.1. The lowest BCUT2D eigenvalue weighted by molar-refractivity contribution is -0.138. The van der Waals surface area contributed by atoms with Gasteiger partial charge in [0.1, 0.15) is 0 Å². The lowest BCUT2D eigenvalue weighted by Crippen LogP contribution is -2.31. The number of hydrazine groups is 1. The standard InChI is InChI=1S/C13H12BrF3N4/c14-7-1-2-11(18)8(5-7)12(21-19)9-6-20-4-3-10(9)13(15,16)17/h1-6,12,21H,18-19H2. The molecule has 0 radical (unpaired) electrons. The molecular formula is C13H12BrF3N4. The first kappa shape index (κ1) is 15.7. The molecule has 1 aromatic heterocycles. The highest BCUT2D eigenvalue weighted by atomic mass is 79.9. The molecule has 1 atom stereocenters. The number of hydrogen-bond acceptors (Lipinski definition) is 4. The fourth-order valence-electron chi connectivity index (χ4n) is 2.04. The van der Waals surface area contributed by atoms with E-state index >= 15 is 0 Å². The van der Waals surface area contributed by atoms with Gasteiger partial charge in [0.15, 0.2) is 0 Å². The molecule has 0 spiro atoms. The second kappa shape index (κ2) is 6.00. The molecule has 0 aliphatic heterocycles. The van der Waals surface area contributed by atoms with Gasteiger partial charge in [0, 0.05) is 28.1 Å². The van der Waals surface area contributed by atoms with Gasteiger partial charge in [-0.15, -0.1) is 0 Å². The van der Waals surface area contributed by atoms with Gasteiger partial charge in [0.05, 0.1) is 11.6 Å². The number of hydrogen-bond donors (Lipinski definition) is 3. The number of aromatic nitrogens is 1. The average molecular weight is 361 g/mol. The number of anilines is 1. The average Bonchev–Trinajstić information content (AvgIpc) is 2.43. The maximum Gasteiger partial charge on any atom is 0.416 e. The smallest absolute Gasteiger partial charge is 0.398 e. The van der Waals surface area contributed by atoms with Crippen molar-refractivity contribution < 1.29 is 13.2 Å². The molecule has 112 valence electrons. The van der Waals surface area contributed by atoms with E-state index in [1.165, 1.54) is 0 Å². The summed E-state index contributed by atoms with van der Waals surface area (Å²) >= 11 is 3.26. The maximum atomic E-state index is 13.1. The van der Waals surface area contributed by atoms with Gasteiger partial charge in [0.25, 0.3) is 0 Å². The number of nitrogens with two attached hydrogens (primary N) is 2. The Morgan fingerprint density at radius 3 is 2.52 bits per heavy atom. The molecule has 0 bridgehead atoms. The van der Waals surface area contributed by atoms with Crippen LogP contribution in [0.15, 0.2) is 41.1 Å². The quantitative estimate of drug-likeness (QED) is 0.446. The van der Waals surface area contributed by atoms with Crippen LogP contribution in [0.4, 0.5) is 18.9 Å². The zero-order valence-corrected chi connectivity index (χ0v) is 12.2. The minimum atomic E-state index is -4.51. The van der Waals surface area contributed by atoms with Crippen LogP contribution >= 0.6 is 15.9 Å². The van der Waals surface area contributed by atoms with Crippen LogP contribution in [0.1, 0.15) is 22.7 Å². The van der Waals surface area contributed by atoms with Crippen LogP contribution in [0.3, 0.4) is 0 Å². The molecule has 4 nitrogen and oxygen atoms in total. The lowest BCUT2D eigenvalue weighted by Gasteiger charge is -2.22. The Balaban J connectivity index is 2.60. The van der Waals surface area contributed by atoms with E-state index in [1.807, 2.05) is 0 Å². The third kappa shape index (κ3) is 3.34. The molecule has 1 heterocycles. The molecule has 0 fully saturated rings. The van der Waals surface area contributed by atoms with Crippen LogP contribution < -0.4 is 17.0 Å². The number of nitrogens with one attached hydrogen (secondary N) is 1. The second-order valence-electron chi connectivity index (χ2n) is 4.33. The molecule has 2 aromatic rings. The summed E-state index contributed by atoms with van der Waals surface area (Å²) in [5, 5.41) is 0. The van der Waals surface area contributed by atoms with E-state index in [2.05, 4.69) is 26.3 Å². The Bertz CT molecular complexity index is 646. The molecule has 2 rings (SSSR count). The van der Waals surface area contributed by atoms with E-state index in [0.29, 0.717) is 15.7 Å². The Kier molecular flexibility index (Phi) is 4.50. The van der Waals surface area contributed by atoms with E-state index < -0.39 is 17.8 Å². The summed E-state index contributed by atoms with van der Waals surface area (Å²) < 4.78 is 40.0. The number of alkyl halides is 3. The number of nitrogen functional groups attached to an aromatic ring is 1. The summed E-state index contributed by atoms with van der Waals surface area (Å²) in [5.41, 5.74) is 8.09. The summed E-state index contributed by atoms with van der Waals surface area (Å²) in [4.78, 5) is 3.76. The SMILES string of the molecule is NNC(c1cc(Br)ccc1N)c1cnccc1C(F)(F)F. The lowest BCUT2D eigenvalue weighted by atomic mass is 9.95. The molecular weight excluding hydrogens is 349 g/mol. The van der Waals surface area contributed by atoms with E-state index in [9.17, 15) is 13.2 Å². The first-order chi connectivity index (χ1) is 9.84. The molecule has 0 saturated heterocycles. The normalized spacial score (nSPS) is 13.2. The second-order valence-corrected chi connectivity index (χ2v) is 5.25. The summed E-state index contributed by atoms with van der Waals surface area (Å²) in [6, 6.07) is 4.89. The molecule has 8 heteroatoms. The molecule has 5 N–H and O–H groups in total. The topological polar surface area (TPSA) is 77.0 Å². The highest BCUT2D eigenvalue weighted by Crippen LogP contribution is 2.37. The highest BCUT2D eigenvalue weighted by molar-refractivity contribution is 9.10. The molecule has 0 amide bonds. The molecule has 1 unspecified atom stereocenters. The van der Waals surface area contributed by atoms with Crippen molar-refractivity contribution in [3.05, 3.63) is 57.8 Å². The van der Waals surface area contributed by atoms with Crippen molar-refractivity contribution in [3.63, 3.8) is 0 Å². The van der Waals surface area contributed by atoms with Gasteiger partial charge < -0.3 is 5.73 Å². The van der Waals surface area contributed by atoms with Crippen LogP contribution in [0.2, 0.25) is 0 Å². The summed E-state index contributed by atoms with van der Waals surface area (Å²) in [7, 11) is 0. The highest BCUT2D eigenvalue weighted by Gasteiger charge is 2.35. The Morgan fingerprint density at radius 2 is 1.90 bits per heavy atom. The number of benzene rings is 1. The minimum Gasteiger partial charge on any atom is -0.398 e. The minimum absolute atomic E-state index is 0.0858. The fourth-order valence-corrected chi connectivity index (χ4v) is 2.42. The predicted molar refractivity (Wildman–Crippen MR) is 77.0 cm³/mol. The zero-order chi connectivity index (χ0) is 15.6. The van der Waals surface area contributed by atoms with Crippen molar-refractivity contribution in [2.75, 3.05) is 5.73 Å². The Labute approximate surface area is 127 Å². The van der Waals surface area contributed by atoms with Gasteiger partial charge >= 0.3 is 6.18 Å². The van der Waals surface area contributed by atoms with Gasteiger partial charge in [-0.1, -0.05) is 15.9 Å². The number of rotatable bonds is 3. The van der Waals surface area contributed by atoms with E-state index in [4.69, 9.17) is 11.6 Å². The van der Waals surface area contributed by atoms with Gasteiger partial charge in [-0.05, 0) is 29.8 Å². The van der Waals surface area contributed by atoms with E-state index in [1.54, 1.807) is 18.2 Å². The third-order valence-corrected chi connectivity index (χ3v) is 3.49. The van der Waals surface area contributed by atoms with Gasteiger partial charge in [-0.3, -0.25) is 10.8 Å². The van der Waals surface area contributed by atoms with Crippen molar-refractivity contribution in [1.29, 1.82) is 0 Å². The van der Waals surface area contributed by atoms with Crippen molar-refractivity contribution >= 4 is 21.6 Å². The third-order valence-electron chi connectivity index (χ3n) is 2.99. The monoisotopic (exact) mass is 360 g/mol. The zero-order valence-electron chi connectivity index (χ0n) is 10.7. The van der Waals surface area contributed by atoms with Crippen LogP contribution in [0.25, 0.3) is 0 Å². The number of nitrogens with zero attached hydrogens (tertiary/aromatic N) is 1. The molecule has 1 aromatic carbocycles. The van der Waals surface area contributed by atoms with Crippen molar-refractivity contribution in [3.8, 4) is 0 Å². The largest absolute Gasteiger partial charge is 0.416 e. The molecule has 0 aliphatic carbocycles. The first-order valence-electron chi connectivity index (χ1n) is 5.86. The predicted octanol–water partition coefficient (Wildman–Crippen LogP) is 3.00. The van der Waals surface area contributed by atoms with Crippen molar-refractivity contribution in [1.82, 2.24) is 10.4 Å². The Morgan fingerprint density at radius 1 is 1.19 bits per heavy atom. The summed E-state index contributed by atoms with van der Waals surface area (Å²) in [6.07, 6.45) is -2.29. The van der Waals surface area contributed by atoms with Gasteiger partial charge in [-0.25, -0.2) is 5.43 Å². The van der Waals surface area contributed by atoms with Crippen LogP contribution in [-0.2, 0) is 6.18 Å². The molecule has 0 aliphatic rings. The van der Waals surface area contributed by atoms with Crippen LogP contribution in [-0.4, -0.2) is 4.98 Å². The summed E-state index contributed by atoms with van der Waals surface area (Å²) in [5.74, 6) is 5.45. The first-order valence-corrected chi connectivity index (χ1v) is 6.66. The van der Waals surface area contributed by atoms with Gasteiger partial charge in [0.2, 0.25) is 0 Å². The van der Waals surface area contributed by atoms with Crippen LogP contribution in [0, 0.1) is 0 Å². The van der Waals surface area contributed by atoms with E-state index in [0.717, 1.165) is 18.5 Å². The van der Waals surface area contributed by atoms with Crippen molar-refractivity contribution in [2.24, 2.45) is 5.84 Å².